The molecule has 110 valence electrons. The second-order valence-electron chi connectivity index (χ2n) is 4.53. The molecular formula is C14H15N3O4. The molecule has 3 N–H and O–H groups in total. The second-order valence-corrected chi connectivity index (χ2v) is 4.53. The molecule has 1 atom stereocenters. The minimum Gasteiger partial charge on any atom is -0.508 e. The first-order chi connectivity index (χ1) is 10.0. The van der Waals surface area contributed by atoms with Gasteiger partial charge in [0, 0.05) is 18.8 Å². The molecule has 2 rings (SSSR count). The Morgan fingerprint density at radius 1 is 1.29 bits per heavy atom. The van der Waals surface area contributed by atoms with E-state index in [4.69, 9.17) is 0 Å². The lowest BCUT2D eigenvalue weighted by Gasteiger charge is -2.14. The minimum absolute atomic E-state index is 0.0354. The van der Waals surface area contributed by atoms with Crippen LogP contribution < -0.4 is 5.32 Å². The van der Waals surface area contributed by atoms with Crippen molar-refractivity contribution in [1.82, 2.24) is 15.1 Å². The lowest BCUT2D eigenvalue weighted by molar-refractivity contribution is -0.141. The number of carbonyl (C=O) groups is 2. The van der Waals surface area contributed by atoms with Gasteiger partial charge in [-0.3, -0.25) is 9.48 Å². The summed E-state index contributed by atoms with van der Waals surface area (Å²) in [5.41, 5.74) is 0.708. The van der Waals surface area contributed by atoms with Crippen LogP contribution in [0.5, 0.6) is 5.75 Å². The molecule has 7 heteroatoms. The van der Waals surface area contributed by atoms with Gasteiger partial charge >= 0.3 is 5.97 Å². The molecule has 0 aliphatic carbocycles. The molecule has 1 unspecified atom stereocenters. The highest BCUT2D eigenvalue weighted by Gasteiger charge is 2.20. The zero-order valence-corrected chi connectivity index (χ0v) is 11.1. The van der Waals surface area contributed by atoms with Crippen LogP contribution in [0.3, 0.4) is 0 Å². The molecule has 2 aromatic rings. The van der Waals surface area contributed by atoms with Gasteiger partial charge in [0.05, 0.1) is 0 Å². The van der Waals surface area contributed by atoms with Gasteiger partial charge in [-0.15, -0.1) is 0 Å². The normalized spacial score (nSPS) is 11.8. The molecule has 1 heterocycles. The number of hydrogen-bond donors (Lipinski definition) is 3. The summed E-state index contributed by atoms with van der Waals surface area (Å²) in [5.74, 6) is -1.44. The summed E-state index contributed by atoms with van der Waals surface area (Å²) in [6.45, 7) is -0.0354. The topological polar surface area (TPSA) is 104 Å². The third-order valence-corrected chi connectivity index (χ3v) is 2.87. The quantitative estimate of drug-likeness (QED) is 0.714. The van der Waals surface area contributed by atoms with Gasteiger partial charge in [-0.25, -0.2) is 4.79 Å². The number of rotatable bonds is 6. The van der Waals surface area contributed by atoms with Gasteiger partial charge in [-0.1, -0.05) is 12.1 Å². The number of nitrogens with zero attached hydrogens (tertiary/aromatic N) is 2. The number of aliphatic carboxylic acids is 1. The van der Waals surface area contributed by atoms with Gasteiger partial charge < -0.3 is 15.5 Å². The van der Waals surface area contributed by atoms with E-state index in [1.54, 1.807) is 30.6 Å². The standard InChI is InChI=1S/C14H15N3O4/c18-11-4-2-10(3-5-11)8-12(14(20)21)16-13(19)9-17-7-1-6-15-17/h1-7,12,18H,8-9H2,(H,16,19)(H,20,21). The molecular weight excluding hydrogens is 274 g/mol. The molecule has 1 aromatic carbocycles. The molecule has 0 aliphatic heterocycles. The Bertz CT molecular complexity index is 608. The van der Waals surface area contributed by atoms with Crippen molar-refractivity contribution in [3.63, 3.8) is 0 Å². The number of amides is 1. The zero-order chi connectivity index (χ0) is 15.2. The molecule has 0 radical (unpaired) electrons. The Balaban J connectivity index is 1.97. The average molecular weight is 289 g/mol. The van der Waals surface area contributed by atoms with E-state index in [9.17, 15) is 19.8 Å². The smallest absolute Gasteiger partial charge is 0.326 e. The maximum atomic E-state index is 11.8. The summed E-state index contributed by atoms with van der Waals surface area (Å²) in [7, 11) is 0. The van der Waals surface area contributed by atoms with E-state index in [0.717, 1.165) is 0 Å². The van der Waals surface area contributed by atoms with Crippen LogP contribution in [0.4, 0.5) is 0 Å². The van der Waals surface area contributed by atoms with E-state index in [0.29, 0.717) is 5.56 Å². The number of nitrogens with one attached hydrogen (secondary N) is 1. The van der Waals surface area contributed by atoms with E-state index in [1.807, 2.05) is 0 Å². The van der Waals surface area contributed by atoms with E-state index in [1.165, 1.54) is 16.8 Å². The van der Waals surface area contributed by atoms with Gasteiger partial charge in [-0.05, 0) is 23.8 Å². The number of carboxylic acid groups (broad SMARTS) is 1. The van der Waals surface area contributed by atoms with Crippen LogP contribution in [-0.4, -0.2) is 37.9 Å². The molecule has 0 spiro atoms. The maximum Gasteiger partial charge on any atom is 0.326 e. The number of aromatic nitrogens is 2. The highest BCUT2D eigenvalue weighted by Crippen LogP contribution is 2.11. The number of phenolic OH excluding ortho intramolecular Hbond substituents is 1. The summed E-state index contributed by atoms with van der Waals surface area (Å²) in [5, 5.41) is 24.7. The van der Waals surface area contributed by atoms with E-state index in [2.05, 4.69) is 10.4 Å². The molecule has 1 amide bonds. The first-order valence-corrected chi connectivity index (χ1v) is 6.32. The van der Waals surface area contributed by atoms with Gasteiger partial charge in [0.15, 0.2) is 0 Å². The van der Waals surface area contributed by atoms with Crippen LogP contribution in [0.15, 0.2) is 42.7 Å². The third kappa shape index (κ3) is 4.34. The van der Waals surface area contributed by atoms with Crippen molar-refractivity contribution in [3.8, 4) is 5.75 Å². The fraction of sp³-hybridized carbons (Fsp3) is 0.214. The fourth-order valence-electron chi connectivity index (χ4n) is 1.85. The maximum absolute atomic E-state index is 11.8. The first kappa shape index (κ1) is 14.6. The highest BCUT2D eigenvalue weighted by atomic mass is 16.4. The number of aromatic hydroxyl groups is 1. The molecule has 0 aliphatic rings. The Morgan fingerprint density at radius 2 is 2.00 bits per heavy atom. The lowest BCUT2D eigenvalue weighted by Crippen LogP contribution is -2.43. The number of hydrogen-bond acceptors (Lipinski definition) is 4. The van der Waals surface area contributed by atoms with Gasteiger partial charge in [0.2, 0.25) is 5.91 Å². The summed E-state index contributed by atoms with van der Waals surface area (Å²) < 4.78 is 1.41. The lowest BCUT2D eigenvalue weighted by atomic mass is 10.1. The minimum atomic E-state index is -1.11. The molecule has 21 heavy (non-hydrogen) atoms. The van der Waals surface area contributed by atoms with Crippen LogP contribution in [0.2, 0.25) is 0 Å². The Kier molecular flexibility index (Phi) is 4.55. The van der Waals surface area contributed by atoms with Gasteiger partial charge in [0.1, 0.15) is 18.3 Å². The summed E-state index contributed by atoms with van der Waals surface area (Å²) in [6, 6.07) is 6.83. The van der Waals surface area contributed by atoms with Crippen LogP contribution in [0.1, 0.15) is 5.56 Å². The fourth-order valence-corrected chi connectivity index (χ4v) is 1.85. The van der Waals surface area contributed by atoms with E-state index < -0.39 is 17.9 Å². The first-order valence-electron chi connectivity index (χ1n) is 6.32. The number of carbonyl (C=O) groups excluding carboxylic acids is 1. The van der Waals surface area contributed by atoms with Crippen molar-refractivity contribution in [1.29, 1.82) is 0 Å². The zero-order valence-electron chi connectivity index (χ0n) is 11.1. The third-order valence-electron chi connectivity index (χ3n) is 2.87. The molecule has 1 aromatic heterocycles. The van der Waals surface area contributed by atoms with Gasteiger partial charge in [-0.2, -0.15) is 5.10 Å². The predicted octanol–water partition coefficient (Wildman–Crippen LogP) is 0.401. The SMILES string of the molecule is O=C(Cn1cccn1)NC(Cc1ccc(O)cc1)C(=O)O. The van der Waals surface area contributed by atoms with E-state index in [-0.39, 0.29) is 18.7 Å². The Labute approximate surface area is 120 Å². The number of benzene rings is 1. The van der Waals surface area contributed by atoms with Crippen LogP contribution in [-0.2, 0) is 22.6 Å². The van der Waals surface area contributed by atoms with Crippen molar-refractivity contribution in [2.45, 2.75) is 19.0 Å². The Morgan fingerprint density at radius 3 is 2.57 bits per heavy atom. The van der Waals surface area contributed by atoms with Crippen molar-refractivity contribution < 1.29 is 19.8 Å². The van der Waals surface area contributed by atoms with Gasteiger partial charge in [0.25, 0.3) is 0 Å². The predicted molar refractivity (Wildman–Crippen MR) is 73.6 cm³/mol. The Hall–Kier alpha value is -2.83. The van der Waals surface area contributed by atoms with Crippen molar-refractivity contribution in [2.24, 2.45) is 0 Å². The van der Waals surface area contributed by atoms with E-state index >= 15 is 0 Å². The largest absolute Gasteiger partial charge is 0.508 e. The summed E-state index contributed by atoms with van der Waals surface area (Å²) in [6.07, 6.45) is 3.30. The van der Waals surface area contributed by atoms with Crippen molar-refractivity contribution >= 4 is 11.9 Å². The molecule has 0 saturated heterocycles. The molecule has 0 bridgehead atoms. The average Bonchev–Trinajstić information content (AvgIpc) is 2.93. The summed E-state index contributed by atoms with van der Waals surface area (Å²) in [4.78, 5) is 23.0. The highest BCUT2D eigenvalue weighted by molar-refractivity contribution is 5.83. The van der Waals surface area contributed by atoms with Crippen LogP contribution in [0, 0.1) is 0 Å². The molecule has 7 nitrogen and oxygen atoms in total. The summed E-state index contributed by atoms with van der Waals surface area (Å²) >= 11 is 0. The van der Waals surface area contributed by atoms with Crippen LogP contribution >= 0.6 is 0 Å². The van der Waals surface area contributed by atoms with Crippen molar-refractivity contribution in [2.75, 3.05) is 0 Å². The molecule has 0 fully saturated rings. The van der Waals surface area contributed by atoms with Crippen LogP contribution in [0.25, 0.3) is 0 Å². The second kappa shape index (κ2) is 6.56. The van der Waals surface area contributed by atoms with Crippen molar-refractivity contribution in [3.05, 3.63) is 48.3 Å². The number of carboxylic acids is 1. The molecule has 0 saturated carbocycles. The number of phenols is 1. The monoisotopic (exact) mass is 289 g/mol.